The Morgan fingerprint density at radius 3 is 2.84 bits per heavy atom. The first-order valence-corrected chi connectivity index (χ1v) is 5.83. The van der Waals surface area contributed by atoms with Gasteiger partial charge in [0.1, 0.15) is 5.82 Å². The Morgan fingerprint density at radius 2 is 2.21 bits per heavy atom. The fraction of sp³-hybridized carbons (Fsp3) is 0.143. The number of benzene rings is 1. The smallest absolute Gasteiger partial charge is 0.248 e. The Morgan fingerprint density at radius 1 is 1.42 bits per heavy atom. The van der Waals surface area contributed by atoms with Gasteiger partial charge in [0.2, 0.25) is 5.91 Å². The predicted octanol–water partition coefficient (Wildman–Crippen LogP) is 2.49. The lowest BCUT2D eigenvalue weighted by molar-refractivity contribution is 0.100. The molecule has 1 amide bonds. The van der Waals surface area contributed by atoms with Gasteiger partial charge in [-0.2, -0.15) is 0 Å². The predicted molar refractivity (Wildman–Crippen MR) is 71.2 cm³/mol. The Labute approximate surface area is 110 Å². The first kappa shape index (κ1) is 13.0. The molecule has 1 atom stereocenters. The molecule has 1 aromatic heterocycles. The number of pyridine rings is 1. The third-order valence-electron chi connectivity index (χ3n) is 2.81. The van der Waals surface area contributed by atoms with Gasteiger partial charge in [-0.1, -0.05) is 6.07 Å². The maximum absolute atomic E-state index is 13.7. The van der Waals surface area contributed by atoms with Crippen LogP contribution in [0, 0.1) is 5.82 Å². The lowest BCUT2D eigenvalue weighted by atomic mass is 10.1. The van der Waals surface area contributed by atoms with Crippen LogP contribution in [0.5, 0.6) is 0 Å². The fourth-order valence-electron chi connectivity index (χ4n) is 1.74. The van der Waals surface area contributed by atoms with Crippen molar-refractivity contribution in [3.8, 4) is 0 Å². The van der Waals surface area contributed by atoms with Crippen LogP contribution < -0.4 is 11.1 Å². The number of amides is 1. The number of carbonyl (C=O) groups excluding carboxylic acids is 1. The summed E-state index contributed by atoms with van der Waals surface area (Å²) in [6, 6.07) is 7.55. The summed E-state index contributed by atoms with van der Waals surface area (Å²) in [6.45, 7) is 1.88. The molecule has 0 fully saturated rings. The van der Waals surface area contributed by atoms with Crippen LogP contribution in [0.1, 0.15) is 28.9 Å². The van der Waals surface area contributed by atoms with Crippen LogP contribution in [0.2, 0.25) is 0 Å². The Hall–Kier alpha value is -2.43. The van der Waals surface area contributed by atoms with E-state index in [4.69, 9.17) is 5.73 Å². The molecule has 0 saturated carbocycles. The number of anilines is 1. The highest BCUT2D eigenvalue weighted by Crippen LogP contribution is 2.22. The van der Waals surface area contributed by atoms with Gasteiger partial charge < -0.3 is 11.1 Å². The average Bonchev–Trinajstić information content (AvgIpc) is 2.42. The van der Waals surface area contributed by atoms with Gasteiger partial charge in [-0.05, 0) is 36.8 Å². The van der Waals surface area contributed by atoms with Crippen LogP contribution >= 0.6 is 0 Å². The maximum Gasteiger partial charge on any atom is 0.248 e. The Bertz CT molecular complexity index is 586. The van der Waals surface area contributed by atoms with Crippen molar-refractivity contribution in [1.29, 1.82) is 0 Å². The second-order valence-electron chi connectivity index (χ2n) is 4.21. The molecule has 1 unspecified atom stereocenters. The molecule has 0 aliphatic carbocycles. The molecule has 0 radical (unpaired) electrons. The van der Waals surface area contributed by atoms with Crippen molar-refractivity contribution in [2.45, 2.75) is 13.0 Å². The highest BCUT2D eigenvalue weighted by atomic mass is 19.1. The number of nitrogens with one attached hydrogen (secondary N) is 1. The standard InChI is InChI=1S/C14H14FN3O/c1-9(11-3-2-6-17-8-11)18-13-7-10(14(16)19)4-5-12(13)15/h2-9,18H,1H3,(H2,16,19). The minimum atomic E-state index is -0.586. The first-order valence-electron chi connectivity index (χ1n) is 5.83. The van der Waals surface area contributed by atoms with Crippen molar-refractivity contribution >= 4 is 11.6 Å². The third-order valence-corrected chi connectivity index (χ3v) is 2.81. The molecule has 1 aromatic carbocycles. The number of nitrogens with zero attached hydrogens (tertiary/aromatic N) is 1. The van der Waals surface area contributed by atoms with E-state index in [-0.39, 0.29) is 17.3 Å². The largest absolute Gasteiger partial charge is 0.376 e. The monoisotopic (exact) mass is 259 g/mol. The van der Waals surface area contributed by atoms with E-state index in [9.17, 15) is 9.18 Å². The van der Waals surface area contributed by atoms with Crippen LogP contribution in [-0.4, -0.2) is 10.9 Å². The molecular weight excluding hydrogens is 245 g/mol. The zero-order chi connectivity index (χ0) is 13.8. The summed E-state index contributed by atoms with van der Waals surface area (Å²) < 4.78 is 13.7. The van der Waals surface area contributed by atoms with Crippen LogP contribution in [0.25, 0.3) is 0 Å². The van der Waals surface area contributed by atoms with Gasteiger partial charge in [0, 0.05) is 18.0 Å². The number of primary amides is 1. The first-order chi connectivity index (χ1) is 9.08. The number of carbonyl (C=O) groups is 1. The molecule has 0 aliphatic heterocycles. The second kappa shape index (κ2) is 5.48. The van der Waals surface area contributed by atoms with E-state index in [0.29, 0.717) is 0 Å². The highest BCUT2D eigenvalue weighted by molar-refractivity contribution is 5.93. The SMILES string of the molecule is CC(Nc1cc(C(N)=O)ccc1F)c1cccnc1. The molecule has 0 aliphatic rings. The quantitative estimate of drug-likeness (QED) is 0.886. The number of hydrogen-bond acceptors (Lipinski definition) is 3. The van der Waals surface area contributed by atoms with Crippen LogP contribution in [0.4, 0.5) is 10.1 Å². The summed E-state index contributed by atoms with van der Waals surface area (Å²) in [6.07, 6.45) is 3.37. The van der Waals surface area contributed by atoms with E-state index >= 15 is 0 Å². The molecule has 98 valence electrons. The lowest BCUT2D eigenvalue weighted by Crippen LogP contribution is -2.13. The molecule has 19 heavy (non-hydrogen) atoms. The summed E-state index contributed by atoms with van der Waals surface area (Å²) in [5, 5.41) is 3.00. The van der Waals surface area contributed by atoms with Crippen molar-refractivity contribution in [2.24, 2.45) is 5.73 Å². The summed E-state index contributed by atoms with van der Waals surface area (Å²) in [5.41, 5.74) is 6.61. The van der Waals surface area contributed by atoms with E-state index in [0.717, 1.165) is 5.56 Å². The Balaban J connectivity index is 2.23. The van der Waals surface area contributed by atoms with Crippen LogP contribution in [-0.2, 0) is 0 Å². The van der Waals surface area contributed by atoms with Crippen LogP contribution in [0.3, 0.4) is 0 Å². The molecule has 0 saturated heterocycles. The van der Waals surface area contributed by atoms with Gasteiger partial charge >= 0.3 is 0 Å². The van der Waals surface area contributed by atoms with Crippen LogP contribution in [0.15, 0.2) is 42.7 Å². The third kappa shape index (κ3) is 3.07. The van der Waals surface area contributed by atoms with Gasteiger partial charge in [0.15, 0.2) is 0 Å². The van der Waals surface area contributed by atoms with Gasteiger partial charge in [0.25, 0.3) is 0 Å². The molecule has 0 spiro atoms. The molecule has 2 aromatic rings. The molecule has 0 bridgehead atoms. The van der Waals surface area contributed by atoms with Gasteiger partial charge in [-0.15, -0.1) is 0 Å². The number of rotatable bonds is 4. The summed E-state index contributed by atoms with van der Waals surface area (Å²) >= 11 is 0. The minimum absolute atomic E-state index is 0.133. The molecule has 4 nitrogen and oxygen atoms in total. The summed E-state index contributed by atoms with van der Waals surface area (Å²) in [5.74, 6) is -1.02. The molecular formula is C14H14FN3O. The van der Waals surface area contributed by atoms with E-state index in [1.807, 2.05) is 19.1 Å². The van der Waals surface area contributed by atoms with Crippen molar-refractivity contribution in [1.82, 2.24) is 4.98 Å². The molecule has 5 heteroatoms. The van der Waals surface area contributed by atoms with Gasteiger partial charge in [-0.3, -0.25) is 9.78 Å². The van der Waals surface area contributed by atoms with Crippen molar-refractivity contribution in [3.05, 3.63) is 59.7 Å². The average molecular weight is 259 g/mol. The van der Waals surface area contributed by atoms with E-state index < -0.39 is 11.7 Å². The number of halogens is 1. The van der Waals surface area contributed by atoms with E-state index in [2.05, 4.69) is 10.3 Å². The molecule has 2 rings (SSSR count). The zero-order valence-electron chi connectivity index (χ0n) is 10.4. The van der Waals surface area contributed by atoms with E-state index in [1.165, 1.54) is 18.2 Å². The second-order valence-corrected chi connectivity index (χ2v) is 4.21. The molecule has 3 N–H and O–H groups in total. The summed E-state index contributed by atoms with van der Waals surface area (Å²) in [4.78, 5) is 15.1. The number of aromatic nitrogens is 1. The minimum Gasteiger partial charge on any atom is -0.376 e. The number of nitrogens with two attached hydrogens (primary N) is 1. The van der Waals surface area contributed by atoms with Gasteiger partial charge in [0.05, 0.1) is 11.7 Å². The summed E-state index contributed by atoms with van der Waals surface area (Å²) in [7, 11) is 0. The normalized spacial score (nSPS) is 11.9. The fourth-order valence-corrected chi connectivity index (χ4v) is 1.74. The topological polar surface area (TPSA) is 68.0 Å². The zero-order valence-corrected chi connectivity index (χ0v) is 10.4. The highest BCUT2D eigenvalue weighted by Gasteiger charge is 2.11. The Kier molecular flexibility index (Phi) is 3.75. The van der Waals surface area contributed by atoms with Crippen molar-refractivity contribution < 1.29 is 9.18 Å². The molecule has 1 heterocycles. The lowest BCUT2D eigenvalue weighted by Gasteiger charge is -2.16. The number of hydrogen-bond donors (Lipinski definition) is 2. The van der Waals surface area contributed by atoms with Gasteiger partial charge in [-0.25, -0.2) is 4.39 Å². The maximum atomic E-state index is 13.7. The van der Waals surface area contributed by atoms with Crippen molar-refractivity contribution in [2.75, 3.05) is 5.32 Å². The van der Waals surface area contributed by atoms with Crippen molar-refractivity contribution in [3.63, 3.8) is 0 Å². The van der Waals surface area contributed by atoms with E-state index in [1.54, 1.807) is 12.4 Å².